The molecule has 0 saturated heterocycles. The zero-order valence-corrected chi connectivity index (χ0v) is 10.9. The van der Waals surface area contributed by atoms with E-state index in [2.05, 4.69) is 4.72 Å². The average molecular weight is 286 g/mol. The van der Waals surface area contributed by atoms with E-state index in [1.54, 1.807) is 0 Å². The Kier molecular flexibility index (Phi) is 3.57. The second kappa shape index (κ2) is 4.87. The van der Waals surface area contributed by atoms with Crippen LogP contribution < -0.4 is 4.72 Å². The number of non-ortho nitro benzene ring substituents is 1. The summed E-state index contributed by atoms with van der Waals surface area (Å²) >= 11 is 0. The fraction of sp³-hybridized carbons (Fsp3) is 0.455. The monoisotopic (exact) mass is 286 g/mol. The summed E-state index contributed by atoms with van der Waals surface area (Å²) in [5, 5.41) is 19.7. The fourth-order valence-corrected chi connectivity index (χ4v) is 2.86. The molecule has 0 amide bonds. The first-order valence-electron chi connectivity index (χ1n) is 5.74. The Balaban J connectivity index is 2.15. The Labute approximate surface area is 110 Å². The molecule has 1 aliphatic carbocycles. The van der Waals surface area contributed by atoms with E-state index in [1.165, 1.54) is 18.2 Å². The predicted molar refractivity (Wildman–Crippen MR) is 67.0 cm³/mol. The zero-order chi connectivity index (χ0) is 14.1. The van der Waals surface area contributed by atoms with Gasteiger partial charge in [0.05, 0.1) is 9.82 Å². The number of benzene rings is 1. The highest BCUT2D eigenvalue weighted by atomic mass is 32.2. The van der Waals surface area contributed by atoms with Gasteiger partial charge >= 0.3 is 0 Å². The van der Waals surface area contributed by atoms with Crippen molar-refractivity contribution >= 4 is 15.7 Å². The van der Waals surface area contributed by atoms with Crippen LogP contribution in [0.1, 0.15) is 12.8 Å². The summed E-state index contributed by atoms with van der Waals surface area (Å²) in [6.45, 7) is 0.0823. The van der Waals surface area contributed by atoms with Crippen molar-refractivity contribution in [3.05, 3.63) is 34.4 Å². The lowest BCUT2D eigenvalue weighted by Crippen LogP contribution is -2.31. The van der Waals surface area contributed by atoms with E-state index in [0.717, 1.165) is 18.9 Å². The molecule has 1 saturated carbocycles. The van der Waals surface area contributed by atoms with E-state index in [0.29, 0.717) is 0 Å². The lowest BCUT2D eigenvalue weighted by molar-refractivity contribution is -0.385. The molecule has 19 heavy (non-hydrogen) atoms. The Morgan fingerprint density at radius 3 is 2.63 bits per heavy atom. The molecule has 0 aromatic heterocycles. The van der Waals surface area contributed by atoms with Crippen molar-refractivity contribution in [2.24, 2.45) is 5.41 Å². The SMILES string of the molecule is O=[N+]([O-])c1cccc(S(=O)(=O)NCC2(CO)CC2)c1. The predicted octanol–water partition coefficient (Wildman–Crippen LogP) is 0.646. The first-order valence-corrected chi connectivity index (χ1v) is 7.22. The van der Waals surface area contributed by atoms with Crippen LogP contribution in [0.15, 0.2) is 29.2 Å². The number of rotatable bonds is 6. The minimum Gasteiger partial charge on any atom is -0.396 e. The van der Waals surface area contributed by atoms with Crippen molar-refractivity contribution in [1.82, 2.24) is 4.72 Å². The average Bonchev–Trinajstić information content (AvgIpc) is 3.17. The van der Waals surface area contributed by atoms with E-state index in [4.69, 9.17) is 5.11 Å². The second-order valence-electron chi connectivity index (χ2n) is 4.74. The van der Waals surface area contributed by atoms with E-state index in [1.807, 2.05) is 0 Å². The molecule has 0 unspecified atom stereocenters. The standard InChI is InChI=1S/C11H14N2O5S/c14-8-11(4-5-11)7-12-19(17,18)10-3-1-2-9(6-10)13(15)16/h1-3,6,12,14H,4-5,7-8H2. The number of hydrogen-bond acceptors (Lipinski definition) is 5. The van der Waals surface area contributed by atoms with Crippen molar-refractivity contribution in [2.75, 3.05) is 13.2 Å². The van der Waals surface area contributed by atoms with Gasteiger partial charge in [0.2, 0.25) is 10.0 Å². The van der Waals surface area contributed by atoms with Crippen LogP contribution in [-0.2, 0) is 10.0 Å². The fourth-order valence-electron chi connectivity index (χ4n) is 1.66. The Morgan fingerprint density at radius 2 is 2.11 bits per heavy atom. The largest absolute Gasteiger partial charge is 0.396 e. The van der Waals surface area contributed by atoms with Gasteiger partial charge in [-0.2, -0.15) is 0 Å². The van der Waals surface area contributed by atoms with Gasteiger partial charge in [-0.15, -0.1) is 0 Å². The minimum atomic E-state index is -3.79. The third kappa shape index (κ3) is 3.09. The summed E-state index contributed by atoms with van der Waals surface area (Å²) in [5.41, 5.74) is -0.625. The van der Waals surface area contributed by atoms with Gasteiger partial charge in [0.15, 0.2) is 0 Å². The molecule has 0 aliphatic heterocycles. The molecule has 0 atom stereocenters. The van der Waals surface area contributed by atoms with Crippen molar-refractivity contribution in [2.45, 2.75) is 17.7 Å². The van der Waals surface area contributed by atoms with E-state index < -0.39 is 14.9 Å². The first kappa shape index (κ1) is 13.9. The van der Waals surface area contributed by atoms with E-state index >= 15 is 0 Å². The number of nitro groups is 1. The van der Waals surface area contributed by atoms with E-state index in [9.17, 15) is 18.5 Å². The summed E-state index contributed by atoms with van der Waals surface area (Å²) in [6, 6.07) is 4.87. The van der Waals surface area contributed by atoms with Crippen LogP contribution in [-0.4, -0.2) is 31.6 Å². The third-order valence-corrected chi connectivity index (χ3v) is 4.67. The maximum atomic E-state index is 12.0. The molecule has 0 heterocycles. The molecular weight excluding hydrogens is 272 g/mol. The summed E-state index contributed by atoms with van der Waals surface area (Å²) in [4.78, 5) is 9.82. The number of nitrogens with zero attached hydrogens (tertiary/aromatic N) is 1. The van der Waals surface area contributed by atoms with Crippen molar-refractivity contribution < 1.29 is 18.4 Å². The molecule has 1 aromatic carbocycles. The molecule has 1 fully saturated rings. The number of nitro benzene ring substituents is 1. The third-order valence-electron chi connectivity index (χ3n) is 3.27. The van der Waals surface area contributed by atoms with Gasteiger partial charge in [-0.05, 0) is 18.9 Å². The van der Waals surface area contributed by atoms with Crippen LogP contribution in [0.3, 0.4) is 0 Å². The van der Waals surface area contributed by atoms with Crippen molar-refractivity contribution in [3.8, 4) is 0 Å². The van der Waals surface area contributed by atoms with Crippen LogP contribution in [0.2, 0.25) is 0 Å². The quantitative estimate of drug-likeness (QED) is 0.589. The van der Waals surface area contributed by atoms with Crippen molar-refractivity contribution in [1.29, 1.82) is 0 Å². The smallest absolute Gasteiger partial charge is 0.270 e. The van der Waals surface area contributed by atoms with Gasteiger partial charge in [0.1, 0.15) is 0 Å². The highest BCUT2D eigenvalue weighted by Gasteiger charge is 2.42. The molecule has 1 aliphatic rings. The zero-order valence-electron chi connectivity index (χ0n) is 10.1. The highest BCUT2D eigenvalue weighted by Crippen LogP contribution is 2.44. The molecule has 2 N–H and O–H groups in total. The van der Waals surface area contributed by atoms with Gasteiger partial charge in [-0.1, -0.05) is 6.07 Å². The van der Waals surface area contributed by atoms with Gasteiger partial charge in [-0.3, -0.25) is 10.1 Å². The molecule has 0 spiro atoms. The summed E-state index contributed by atoms with van der Waals surface area (Å²) in [7, 11) is -3.79. The Bertz CT molecular complexity index is 595. The molecule has 7 nitrogen and oxygen atoms in total. The van der Waals surface area contributed by atoms with Crippen molar-refractivity contribution in [3.63, 3.8) is 0 Å². The topological polar surface area (TPSA) is 110 Å². The lowest BCUT2D eigenvalue weighted by Gasteiger charge is -2.12. The minimum absolute atomic E-state index is 0.0650. The first-order chi connectivity index (χ1) is 8.88. The maximum Gasteiger partial charge on any atom is 0.270 e. The molecule has 104 valence electrons. The molecular formula is C11H14N2O5S. The normalized spacial score (nSPS) is 17.1. The molecule has 0 radical (unpaired) electrons. The molecule has 0 bridgehead atoms. The van der Waals surface area contributed by atoms with Crippen LogP contribution >= 0.6 is 0 Å². The second-order valence-corrected chi connectivity index (χ2v) is 6.50. The molecule has 2 rings (SSSR count). The van der Waals surface area contributed by atoms with Crippen LogP contribution in [0.25, 0.3) is 0 Å². The van der Waals surface area contributed by atoms with Gasteiger partial charge in [-0.25, -0.2) is 13.1 Å². The van der Waals surface area contributed by atoms with E-state index in [-0.39, 0.29) is 29.1 Å². The number of aliphatic hydroxyl groups is 1. The van der Waals surface area contributed by atoms with Crippen LogP contribution in [0, 0.1) is 15.5 Å². The highest BCUT2D eigenvalue weighted by molar-refractivity contribution is 7.89. The number of aliphatic hydroxyl groups excluding tert-OH is 1. The van der Waals surface area contributed by atoms with Crippen LogP contribution in [0.4, 0.5) is 5.69 Å². The summed E-state index contributed by atoms with van der Waals surface area (Å²) < 4.78 is 26.3. The Morgan fingerprint density at radius 1 is 1.42 bits per heavy atom. The molecule has 8 heteroatoms. The van der Waals surface area contributed by atoms with Gasteiger partial charge < -0.3 is 5.11 Å². The summed E-state index contributed by atoms with van der Waals surface area (Å²) in [5.74, 6) is 0. The van der Waals surface area contributed by atoms with Gasteiger partial charge in [0.25, 0.3) is 5.69 Å². The Hall–Kier alpha value is -1.51. The molecule has 1 aromatic rings. The summed E-state index contributed by atoms with van der Waals surface area (Å²) in [6.07, 6.45) is 1.56. The van der Waals surface area contributed by atoms with Crippen LogP contribution in [0.5, 0.6) is 0 Å². The number of sulfonamides is 1. The number of hydrogen-bond donors (Lipinski definition) is 2. The lowest BCUT2D eigenvalue weighted by atomic mass is 10.1. The maximum absolute atomic E-state index is 12.0. The number of nitrogens with one attached hydrogen (secondary N) is 1. The van der Waals surface area contributed by atoms with Gasteiger partial charge in [0, 0.05) is 30.7 Å².